The standard InChI is InChI=1S/C12H12/c1-3-7-11(8-4-1)12-9-5-2-6-10-12/h1,3-5,7-10H,2,6H2/i2D2,10D. The van der Waals surface area contributed by atoms with Crippen molar-refractivity contribution in [2.24, 2.45) is 0 Å². The van der Waals surface area contributed by atoms with Crippen LogP contribution in [-0.4, -0.2) is 0 Å². The van der Waals surface area contributed by atoms with Crippen molar-refractivity contribution in [2.45, 2.75) is 12.8 Å². The fraction of sp³-hybridized carbons (Fsp3) is 0.167. The van der Waals surface area contributed by atoms with Gasteiger partial charge in [0, 0.05) is 2.74 Å². The van der Waals surface area contributed by atoms with Crippen LogP contribution in [0.4, 0.5) is 0 Å². The molecule has 1 aliphatic carbocycles. The van der Waals surface area contributed by atoms with Crippen molar-refractivity contribution in [3.63, 3.8) is 0 Å². The average Bonchev–Trinajstić information content (AvgIpc) is 2.17. The summed E-state index contributed by atoms with van der Waals surface area (Å²) in [7, 11) is 0. The number of rotatable bonds is 1. The van der Waals surface area contributed by atoms with Crippen LogP contribution >= 0.6 is 0 Å². The number of hydrogen-bond donors (Lipinski definition) is 0. The van der Waals surface area contributed by atoms with E-state index in [2.05, 4.69) is 0 Å². The van der Waals surface area contributed by atoms with Gasteiger partial charge < -0.3 is 0 Å². The van der Waals surface area contributed by atoms with Crippen molar-refractivity contribution < 1.29 is 4.11 Å². The zero-order valence-corrected chi connectivity index (χ0v) is 6.75. The molecule has 0 heterocycles. The molecule has 0 saturated carbocycles. The molecule has 0 saturated heterocycles. The predicted octanol–water partition coefficient (Wildman–Crippen LogP) is 3.42. The number of benzene rings is 1. The van der Waals surface area contributed by atoms with Gasteiger partial charge in [-0.3, -0.25) is 0 Å². The molecule has 0 fully saturated rings. The summed E-state index contributed by atoms with van der Waals surface area (Å²) in [6, 6.07) is 10.0. The number of hydrogen-bond acceptors (Lipinski definition) is 0. The van der Waals surface area contributed by atoms with Gasteiger partial charge in [-0.15, -0.1) is 0 Å². The zero-order valence-electron chi connectivity index (χ0n) is 9.75. The first-order valence-electron chi connectivity index (χ1n) is 5.53. The second-order valence-electron chi connectivity index (χ2n) is 2.67. The Morgan fingerprint density at radius 3 is 2.83 bits per heavy atom. The van der Waals surface area contributed by atoms with Crippen molar-refractivity contribution in [2.75, 3.05) is 0 Å². The van der Waals surface area contributed by atoms with Crippen LogP contribution < -0.4 is 0 Å². The van der Waals surface area contributed by atoms with Gasteiger partial charge in [-0.1, -0.05) is 48.5 Å². The Balaban J connectivity index is 2.37. The fourth-order valence-corrected chi connectivity index (χ4v) is 1.22. The molecular weight excluding hydrogens is 144 g/mol. The molecule has 1 aromatic rings. The Kier molecular flexibility index (Phi) is 1.32. The van der Waals surface area contributed by atoms with Gasteiger partial charge in [-0.25, -0.2) is 0 Å². The molecule has 0 unspecified atom stereocenters. The van der Waals surface area contributed by atoms with Gasteiger partial charge >= 0.3 is 0 Å². The van der Waals surface area contributed by atoms with E-state index in [4.69, 9.17) is 4.11 Å². The summed E-state index contributed by atoms with van der Waals surface area (Å²) >= 11 is 0. The summed E-state index contributed by atoms with van der Waals surface area (Å²) in [6.07, 6.45) is 2.04. The minimum absolute atomic E-state index is 0.160. The minimum atomic E-state index is -1.37. The van der Waals surface area contributed by atoms with Crippen LogP contribution in [0.3, 0.4) is 0 Å². The molecular formula is C12H12. The van der Waals surface area contributed by atoms with Crippen LogP contribution in [0.25, 0.3) is 5.57 Å². The highest BCUT2D eigenvalue weighted by Gasteiger charge is 1.98. The first-order chi connectivity index (χ1) is 7.08. The third-order valence-electron chi connectivity index (χ3n) is 1.83. The molecule has 1 aliphatic rings. The van der Waals surface area contributed by atoms with E-state index in [1.165, 1.54) is 6.08 Å². The highest BCUT2D eigenvalue weighted by atomic mass is 14.0. The Morgan fingerprint density at radius 2 is 2.08 bits per heavy atom. The Morgan fingerprint density at radius 1 is 1.25 bits per heavy atom. The summed E-state index contributed by atoms with van der Waals surface area (Å²) in [6.45, 7) is 0. The summed E-state index contributed by atoms with van der Waals surface area (Å²) < 4.78 is 22.9. The van der Waals surface area contributed by atoms with Crippen LogP contribution in [0.15, 0.2) is 48.5 Å². The Bertz CT molecular complexity index is 416. The van der Waals surface area contributed by atoms with Gasteiger partial charge in [0.05, 0.1) is 1.37 Å². The highest BCUT2D eigenvalue weighted by Crippen LogP contribution is 2.20. The van der Waals surface area contributed by atoms with E-state index in [1.807, 2.05) is 30.3 Å². The lowest BCUT2D eigenvalue weighted by molar-refractivity contribution is 1.04. The van der Waals surface area contributed by atoms with Gasteiger partial charge in [0.1, 0.15) is 0 Å². The first kappa shape index (κ1) is 4.66. The first-order valence-corrected chi connectivity index (χ1v) is 4.03. The lowest BCUT2D eigenvalue weighted by Gasteiger charge is -2.05. The van der Waals surface area contributed by atoms with Gasteiger partial charge in [0.2, 0.25) is 0 Å². The summed E-state index contributed by atoms with van der Waals surface area (Å²) in [5, 5.41) is 0. The van der Waals surface area contributed by atoms with E-state index in [0.29, 0.717) is 6.05 Å². The van der Waals surface area contributed by atoms with Crippen LogP contribution in [0.2, 0.25) is 0 Å². The van der Waals surface area contributed by atoms with E-state index in [-0.39, 0.29) is 6.42 Å². The molecule has 60 valence electrons. The normalized spacial score (nSPS) is 24.5. The van der Waals surface area contributed by atoms with E-state index in [0.717, 1.165) is 11.1 Å². The molecule has 0 bridgehead atoms. The molecule has 1 aromatic carbocycles. The van der Waals surface area contributed by atoms with Gasteiger partial charge in [0.15, 0.2) is 0 Å². The molecule has 12 heavy (non-hydrogen) atoms. The van der Waals surface area contributed by atoms with Crippen molar-refractivity contribution in [3.8, 4) is 0 Å². The van der Waals surface area contributed by atoms with E-state index < -0.39 is 6.37 Å². The largest absolute Gasteiger partial charge is 0.0836 e. The minimum Gasteiger partial charge on any atom is -0.0836 e. The lowest BCUT2D eigenvalue weighted by atomic mass is 10.00. The van der Waals surface area contributed by atoms with Crippen molar-refractivity contribution in [3.05, 3.63) is 54.1 Å². The topological polar surface area (TPSA) is 0 Å². The summed E-state index contributed by atoms with van der Waals surface area (Å²) in [5.74, 6) is 0. The average molecular weight is 159 g/mol. The predicted molar refractivity (Wildman–Crippen MR) is 52.8 cm³/mol. The van der Waals surface area contributed by atoms with Crippen molar-refractivity contribution >= 4 is 5.57 Å². The maximum Gasteiger partial charge on any atom is 0.0582 e. The van der Waals surface area contributed by atoms with Crippen LogP contribution in [-0.2, 0) is 0 Å². The molecule has 0 atom stereocenters. The molecule has 0 nitrogen and oxygen atoms in total. The number of allylic oxidation sites excluding steroid dienone is 4. The molecule has 0 N–H and O–H groups in total. The zero-order chi connectivity index (χ0) is 10.9. The molecule has 0 aromatic heterocycles. The van der Waals surface area contributed by atoms with Crippen LogP contribution in [0.1, 0.15) is 22.5 Å². The lowest BCUT2D eigenvalue weighted by Crippen LogP contribution is -1.84. The summed E-state index contributed by atoms with van der Waals surface area (Å²) in [5.41, 5.74) is 1.81. The quantitative estimate of drug-likeness (QED) is 0.589. The molecule has 0 heteroatoms. The van der Waals surface area contributed by atoms with Gasteiger partial charge in [-0.05, 0) is 23.9 Å². The molecule has 0 spiro atoms. The monoisotopic (exact) mass is 159 g/mol. The molecule has 0 radical (unpaired) electrons. The maximum absolute atomic E-state index is 7.81. The SMILES string of the molecule is [2H]C1=C(c2ccccc2)C=CC([2H])([2H])C1. The molecule has 0 amide bonds. The second-order valence-corrected chi connectivity index (χ2v) is 2.67. The van der Waals surface area contributed by atoms with Crippen molar-refractivity contribution in [1.82, 2.24) is 0 Å². The van der Waals surface area contributed by atoms with Crippen molar-refractivity contribution in [1.29, 1.82) is 0 Å². The Hall–Kier alpha value is -1.30. The summed E-state index contributed by atoms with van der Waals surface area (Å²) in [4.78, 5) is 0. The molecule has 2 rings (SSSR count). The smallest absolute Gasteiger partial charge is 0.0582 e. The van der Waals surface area contributed by atoms with E-state index in [9.17, 15) is 0 Å². The maximum atomic E-state index is 7.81. The van der Waals surface area contributed by atoms with Crippen LogP contribution in [0.5, 0.6) is 0 Å². The third kappa shape index (κ3) is 1.48. The fourth-order valence-electron chi connectivity index (χ4n) is 1.22. The van der Waals surface area contributed by atoms with E-state index in [1.54, 1.807) is 6.08 Å². The molecule has 0 aliphatic heterocycles. The third-order valence-corrected chi connectivity index (χ3v) is 1.83. The second kappa shape index (κ2) is 3.40. The van der Waals surface area contributed by atoms with Crippen LogP contribution in [0, 0.1) is 0 Å². The van der Waals surface area contributed by atoms with Gasteiger partial charge in [-0.2, -0.15) is 0 Å². The Labute approximate surface area is 77.5 Å². The highest BCUT2D eigenvalue weighted by molar-refractivity contribution is 5.74. The van der Waals surface area contributed by atoms with E-state index >= 15 is 0 Å². The van der Waals surface area contributed by atoms with Gasteiger partial charge in [0.25, 0.3) is 0 Å².